The number of carbonyl (C=O) groups is 4. The van der Waals surface area contributed by atoms with Crippen LogP contribution in [-0.4, -0.2) is 92.2 Å². The summed E-state index contributed by atoms with van der Waals surface area (Å²) in [6.45, 7) is 7.10. The third kappa shape index (κ3) is 11.4. The van der Waals surface area contributed by atoms with Crippen LogP contribution in [0.2, 0.25) is 0 Å². The second kappa shape index (κ2) is 20.0. The van der Waals surface area contributed by atoms with Gasteiger partial charge in [-0.25, -0.2) is 9.59 Å². The van der Waals surface area contributed by atoms with Gasteiger partial charge in [0, 0.05) is 52.6 Å². The normalized spacial score (nSPS) is 12.6. The zero-order chi connectivity index (χ0) is 46.3. The molecule has 0 saturated heterocycles. The molecule has 0 bridgehead atoms. The zero-order valence-corrected chi connectivity index (χ0v) is 37.3. The molecule has 0 unspecified atom stereocenters. The van der Waals surface area contributed by atoms with Gasteiger partial charge in [-0.2, -0.15) is 14.8 Å². The van der Waals surface area contributed by atoms with Gasteiger partial charge in [0.25, 0.3) is 5.91 Å². The maximum atomic E-state index is 13.1. The first-order valence-electron chi connectivity index (χ1n) is 21.3. The van der Waals surface area contributed by atoms with Crippen LogP contribution < -0.4 is 28.8 Å². The first-order chi connectivity index (χ1) is 31.1. The van der Waals surface area contributed by atoms with E-state index in [1.165, 1.54) is 40.7 Å². The third-order valence-electron chi connectivity index (χ3n) is 10.7. The molecule has 4 aromatic carbocycles. The van der Waals surface area contributed by atoms with Crippen LogP contribution in [0, 0.1) is 0 Å². The number of nitrogens with zero attached hydrogens (tertiary/aromatic N) is 5. The fourth-order valence-corrected chi connectivity index (χ4v) is 7.14. The number of ether oxygens (including phenoxy) is 6. The van der Waals surface area contributed by atoms with Crippen molar-refractivity contribution in [2.45, 2.75) is 65.2 Å². The van der Waals surface area contributed by atoms with E-state index >= 15 is 0 Å². The lowest BCUT2D eigenvalue weighted by Crippen LogP contribution is -2.40. The SMILES string of the molecule is COc1ccc2cc3[n+](cc2c1OC(=O)CCCCNC(=O)c1cc(N=Nc2ccc(COC(=O)N(C)CCN(C)C(=O)OC(C)(C)C)cc2)ccc1O)CCc1cc2c(cc1-3)OCO2. The number of nitrogens with one attached hydrogen (secondary N) is 1. The molecule has 3 amide bonds. The fraction of sp³-hybridized carbons (Fsp3) is 0.354. The summed E-state index contributed by atoms with van der Waals surface area (Å²) in [6.07, 6.45) is 2.81. The van der Waals surface area contributed by atoms with Crippen LogP contribution in [0.15, 0.2) is 89.2 Å². The molecule has 1 aromatic heterocycles. The molecule has 340 valence electrons. The lowest BCUT2D eigenvalue weighted by Gasteiger charge is -2.26. The van der Waals surface area contributed by atoms with Crippen molar-refractivity contribution < 1.29 is 57.3 Å². The highest BCUT2D eigenvalue weighted by molar-refractivity contribution is 5.97. The van der Waals surface area contributed by atoms with Crippen LogP contribution in [0.5, 0.6) is 28.7 Å². The van der Waals surface area contributed by atoms with E-state index in [4.69, 9.17) is 28.4 Å². The van der Waals surface area contributed by atoms with Crippen LogP contribution in [0.3, 0.4) is 0 Å². The lowest BCUT2D eigenvalue weighted by molar-refractivity contribution is -0.686. The average molecular weight is 890 g/mol. The highest BCUT2D eigenvalue weighted by Gasteiger charge is 2.29. The fourth-order valence-electron chi connectivity index (χ4n) is 7.14. The molecule has 0 fully saturated rings. The number of aromatic hydroxyl groups is 1. The number of azo groups is 1. The number of aromatic nitrogens is 1. The van der Waals surface area contributed by atoms with Crippen molar-refractivity contribution >= 4 is 46.2 Å². The Bertz CT molecular complexity index is 2630. The summed E-state index contributed by atoms with van der Waals surface area (Å²) < 4.78 is 35.6. The van der Waals surface area contributed by atoms with Gasteiger partial charge in [0.1, 0.15) is 18.0 Å². The summed E-state index contributed by atoms with van der Waals surface area (Å²) in [7, 11) is 4.72. The predicted molar refractivity (Wildman–Crippen MR) is 238 cm³/mol. The van der Waals surface area contributed by atoms with Crippen LogP contribution >= 0.6 is 0 Å². The molecule has 7 rings (SSSR count). The number of pyridine rings is 1. The number of likely N-dealkylation sites (N-methyl/N-ethyl adjacent to an activating group) is 2. The number of rotatable bonds is 15. The number of hydrogen-bond donors (Lipinski definition) is 2. The Balaban J connectivity index is 0.859. The Kier molecular flexibility index (Phi) is 14.0. The van der Waals surface area contributed by atoms with Crippen LogP contribution in [-0.2, 0) is 33.8 Å². The summed E-state index contributed by atoms with van der Waals surface area (Å²) in [6, 6.07) is 21.1. The van der Waals surface area contributed by atoms with Crippen molar-refractivity contribution in [2.24, 2.45) is 10.2 Å². The standard InChI is InChI=1S/C48H52N6O11/c1-48(2,3)65-47(59)53(5)22-21-52(4)46(58)61-28-30-10-13-33(14-11-30)50-51-34-15-16-39(55)36(25-34)45(57)49-19-8-7-9-43(56)64-44-37-27-54-20-18-32-24-41-42(63-29-62-41)26-35(32)38(54)23-31(37)12-17-40(44)60-6/h10-17,23-27H,7-9,18-22,28-29H2,1-6H3,(H-,49,50,55,57)/p+1. The smallest absolute Gasteiger partial charge is 0.410 e. The maximum absolute atomic E-state index is 13.1. The van der Waals surface area contributed by atoms with E-state index in [9.17, 15) is 24.3 Å². The summed E-state index contributed by atoms with van der Waals surface area (Å²) >= 11 is 0. The van der Waals surface area contributed by atoms with Gasteiger partial charge in [-0.15, -0.1) is 0 Å². The molecule has 0 saturated carbocycles. The Morgan fingerprint density at radius 2 is 1.57 bits per heavy atom. The van der Waals surface area contributed by atoms with E-state index in [1.54, 1.807) is 65.2 Å². The second-order valence-corrected chi connectivity index (χ2v) is 16.7. The maximum Gasteiger partial charge on any atom is 0.410 e. The molecule has 2 aliphatic heterocycles. The van der Waals surface area contributed by atoms with Crippen molar-refractivity contribution in [3.05, 3.63) is 95.7 Å². The number of hydrogen-bond acceptors (Lipinski definition) is 13. The molecule has 0 aliphatic carbocycles. The van der Waals surface area contributed by atoms with E-state index in [2.05, 4.69) is 26.2 Å². The molecular weight excluding hydrogens is 837 g/mol. The Morgan fingerprint density at radius 1 is 0.862 bits per heavy atom. The second-order valence-electron chi connectivity index (χ2n) is 16.7. The van der Waals surface area contributed by atoms with E-state index in [0.29, 0.717) is 35.7 Å². The summed E-state index contributed by atoms with van der Waals surface area (Å²) in [4.78, 5) is 53.6. The molecular formula is C48H53N6O11+. The first-order valence-corrected chi connectivity index (χ1v) is 21.3. The Hall–Kier alpha value is -7.43. The van der Waals surface area contributed by atoms with E-state index in [-0.39, 0.29) is 50.8 Å². The number of benzene rings is 4. The molecule has 0 spiro atoms. The number of unbranched alkanes of at least 4 members (excludes halogenated alkanes) is 1. The first kappa shape index (κ1) is 45.6. The van der Waals surface area contributed by atoms with Crippen molar-refractivity contribution in [1.82, 2.24) is 15.1 Å². The number of carbonyl (C=O) groups excluding carboxylic acids is 4. The number of aryl methyl sites for hydroxylation is 2. The van der Waals surface area contributed by atoms with E-state index < -0.39 is 29.7 Å². The van der Waals surface area contributed by atoms with Gasteiger partial charge in [0.2, 0.25) is 12.5 Å². The number of amides is 3. The average Bonchev–Trinajstić information content (AvgIpc) is 3.75. The number of fused-ring (bicyclic) bond motifs is 5. The molecule has 2 N–H and O–H groups in total. The van der Waals surface area contributed by atoms with Gasteiger partial charge in [-0.1, -0.05) is 12.1 Å². The minimum Gasteiger partial charge on any atom is -0.507 e. The topological polar surface area (TPSA) is 191 Å². The summed E-state index contributed by atoms with van der Waals surface area (Å²) in [5.74, 6) is 1.12. The van der Waals surface area contributed by atoms with Gasteiger partial charge >= 0.3 is 18.2 Å². The van der Waals surface area contributed by atoms with Gasteiger partial charge in [-0.3, -0.25) is 9.59 Å². The third-order valence-corrected chi connectivity index (χ3v) is 10.7. The molecule has 17 nitrogen and oxygen atoms in total. The number of esters is 1. The molecule has 3 heterocycles. The molecule has 0 radical (unpaired) electrons. The van der Waals surface area contributed by atoms with E-state index in [0.717, 1.165) is 52.1 Å². The number of methoxy groups -OCH3 is 1. The Morgan fingerprint density at radius 3 is 2.31 bits per heavy atom. The molecule has 0 atom stereocenters. The largest absolute Gasteiger partial charge is 0.507 e. The number of phenolic OH excluding ortho intramolecular Hbond substituents is 1. The molecule has 5 aromatic rings. The van der Waals surface area contributed by atoms with Gasteiger partial charge in [0.05, 0.1) is 35.0 Å². The Labute approximate surface area is 376 Å². The van der Waals surface area contributed by atoms with Crippen LogP contribution in [0.25, 0.3) is 22.0 Å². The zero-order valence-electron chi connectivity index (χ0n) is 37.3. The molecule has 17 heteroatoms. The molecule has 65 heavy (non-hydrogen) atoms. The van der Waals surface area contributed by atoms with Crippen molar-refractivity contribution in [2.75, 3.05) is 47.6 Å². The predicted octanol–water partition coefficient (Wildman–Crippen LogP) is 8.15. The number of phenols is 1. The minimum absolute atomic E-state index is 0.0239. The van der Waals surface area contributed by atoms with Crippen molar-refractivity contribution in [1.29, 1.82) is 0 Å². The quantitative estimate of drug-likeness (QED) is 0.0339. The van der Waals surface area contributed by atoms with Gasteiger partial charge < -0.3 is 48.6 Å². The van der Waals surface area contributed by atoms with Crippen LogP contribution in [0.4, 0.5) is 21.0 Å². The van der Waals surface area contributed by atoms with Crippen molar-refractivity contribution in [3.8, 4) is 40.0 Å². The summed E-state index contributed by atoms with van der Waals surface area (Å²) in [5, 5.41) is 23.3. The summed E-state index contributed by atoms with van der Waals surface area (Å²) in [5.41, 5.74) is 4.26. The highest BCUT2D eigenvalue weighted by Crippen LogP contribution is 2.42. The highest BCUT2D eigenvalue weighted by atomic mass is 16.7. The molecule has 2 aliphatic rings. The monoisotopic (exact) mass is 889 g/mol. The van der Waals surface area contributed by atoms with Crippen molar-refractivity contribution in [3.63, 3.8) is 0 Å². The minimum atomic E-state index is -0.617. The van der Waals surface area contributed by atoms with Gasteiger partial charge in [-0.05, 0) is 105 Å². The van der Waals surface area contributed by atoms with E-state index in [1.807, 2.05) is 24.4 Å². The van der Waals surface area contributed by atoms with Gasteiger partial charge in [0.15, 0.2) is 35.7 Å². The van der Waals surface area contributed by atoms with Crippen LogP contribution in [0.1, 0.15) is 61.5 Å². The lowest BCUT2D eigenvalue weighted by atomic mass is 9.95.